The number of hydrogen-bond acceptors (Lipinski definition) is 3. The molecule has 1 saturated heterocycles. The zero-order valence-electron chi connectivity index (χ0n) is 12.0. The Hall–Kier alpha value is -1.22. The second-order valence-electron chi connectivity index (χ2n) is 5.70. The summed E-state index contributed by atoms with van der Waals surface area (Å²) in [5.74, 6) is 1.75. The first-order chi connectivity index (χ1) is 8.44. The number of methoxy groups -OCH3 is 2. The molecule has 0 saturated carbocycles. The van der Waals surface area contributed by atoms with Crippen molar-refractivity contribution in [3.8, 4) is 11.5 Å². The Morgan fingerprint density at radius 1 is 1.11 bits per heavy atom. The first-order valence-corrected chi connectivity index (χ1v) is 6.42. The summed E-state index contributed by atoms with van der Waals surface area (Å²) in [6.45, 7) is 7.85. The van der Waals surface area contributed by atoms with Gasteiger partial charge in [0.2, 0.25) is 0 Å². The minimum Gasteiger partial charge on any atom is -0.497 e. The molecule has 1 unspecified atom stereocenters. The van der Waals surface area contributed by atoms with Crippen LogP contribution < -0.4 is 14.8 Å². The van der Waals surface area contributed by atoms with Crippen molar-refractivity contribution in [2.75, 3.05) is 20.8 Å². The normalized spacial score (nSPS) is 26.1. The molecule has 1 N–H and O–H groups in total. The number of rotatable bonds is 3. The predicted molar refractivity (Wildman–Crippen MR) is 73.6 cm³/mol. The largest absolute Gasteiger partial charge is 0.497 e. The topological polar surface area (TPSA) is 30.5 Å². The third-order valence-electron chi connectivity index (χ3n) is 4.57. The monoisotopic (exact) mass is 249 g/mol. The third-order valence-corrected chi connectivity index (χ3v) is 4.57. The molecule has 100 valence electrons. The summed E-state index contributed by atoms with van der Waals surface area (Å²) in [7, 11) is 3.40. The Morgan fingerprint density at radius 2 is 1.83 bits per heavy atom. The van der Waals surface area contributed by atoms with Gasteiger partial charge in [-0.2, -0.15) is 0 Å². The molecule has 1 heterocycles. The van der Waals surface area contributed by atoms with Crippen LogP contribution in [-0.4, -0.2) is 26.3 Å². The first kappa shape index (κ1) is 13.2. The molecule has 0 spiro atoms. The van der Waals surface area contributed by atoms with E-state index in [9.17, 15) is 0 Å². The fourth-order valence-electron chi connectivity index (χ4n) is 2.86. The van der Waals surface area contributed by atoms with Gasteiger partial charge in [0.25, 0.3) is 0 Å². The second-order valence-corrected chi connectivity index (χ2v) is 5.70. The molecule has 0 amide bonds. The van der Waals surface area contributed by atoms with Crippen LogP contribution in [0.15, 0.2) is 18.2 Å². The molecule has 3 heteroatoms. The van der Waals surface area contributed by atoms with Gasteiger partial charge in [-0.1, -0.05) is 13.0 Å². The molecule has 3 nitrogen and oxygen atoms in total. The highest BCUT2D eigenvalue weighted by molar-refractivity contribution is 5.47. The first-order valence-electron chi connectivity index (χ1n) is 6.42. The molecule has 0 aliphatic carbocycles. The van der Waals surface area contributed by atoms with Crippen molar-refractivity contribution in [2.24, 2.45) is 0 Å². The van der Waals surface area contributed by atoms with Gasteiger partial charge in [-0.3, -0.25) is 0 Å². The fraction of sp³-hybridized carbons (Fsp3) is 0.600. The van der Waals surface area contributed by atoms with Crippen molar-refractivity contribution in [2.45, 2.75) is 38.1 Å². The number of hydrogen-bond donors (Lipinski definition) is 1. The molecule has 0 aromatic heterocycles. The van der Waals surface area contributed by atoms with E-state index in [2.05, 4.69) is 32.2 Å². The number of ether oxygens (including phenoxy) is 2. The molecule has 2 rings (SSSR count). The van der Waals surface area contributed by atoms with E-state index in [0.717, 1.165) is 24.5 Å². The number of benzene rings is 1. The third kappa shape index (κ3) is 1.87. The van der Waals surface area contributed by atoms with Crippen molar-refractivity contribution in [3.05, 3.63) is 23.8 Å². The maximum absolute atomic E-state index is 5.55. The van der Waals surface area contributed by atoms with Crippen LogP contribution in [0.2, 0.25) is 0 Å². The Bertz CT molecular complexity index is 442. The molecule has 0 bridgehead atoms. The van der Waals surface area contributed by atoms with Crippen LogP contribution >= 0.6 is 0 Å². The molecule has 1 aliphatic heterocycles. The molecule has 18 heavy (non-hydrogen) atoms. The summed E-state index contributed by atoms with van der Waals surface area (Å²) in [5.41, 5.74) is 1.39. The van der Waals surface area contributed by atoms with E-state index in [0.29, 0.717) is 0 Å². The highest BCUT2D eigenvalue weighted by atomic mass is 16.5. The Labute approximate surface area is 109 Å². The Balaban J connectivity index is 2.50. The summed E-state index contributed by atoms with van der Waals surface area (Å²) >= 11 is 0. The standard InChI is InChI=1S/C15H23NO2/c1-14(2)15(3,8-9-16-14)12-7-6-11(17-4)10-13(12)18-5/h6-7,10,16H,8-9H2,1-5H3. The predicted octanol–water partition coefficient (Wildman–Crippen LogP) is 2.73. The molecular weight excluding hydrogens is 226 g/mol. The van der Waals surface area contributed by atoms with Gasteiger partial charge in [0, 0.05) is 22.6 Å². The van der Waals surface area contributed by atoms with Crippen molar-refractivity contribution in [1.82, 2.24) is 5.32 Å². The maximum Gasteiger partial charge on any atom is 0.126 e. The van der Waals surface area contributed by atoms with Crippen LogP contribution in [0.4, 0.5) is 0 Å². The van der Waals surface area contributed by atoms with Gasteiger partial charge in [0.1, 0.15) is 11.5 Å². The van der Waals surface area contributed by atoms with Crippen LogP contribution in [0.5, 0.6) is 11.5 Å². The summed E-state index contributed by atoms with van der Waals surface area (Å²) in [4.78, 5) is 0. The number of nitrogens with one attached hydrogen (secondary N) is 1. The van der Waals surface area contributed by atoms with Gasteiger partial charge in [-0.15, -0.1) is 0 Å². The van der Waals surface area contributed by atoms with Crippen molar-refractivity contribution in [1.29, 1.82) is 0 Å². The molecule has 1 aliphatic rings. The molecular formula is C15H23NO2. The van der Waals surface area contributed by atoms with E-state index in [-0.39, 0.29) is 11.0 Å². The van der Waals surface area contributed by atoms with Crippen LogP contribution in [0.3, 0.4) is 0 Å². The minimum absolute atomic E-state index is 0.0644. The van der Waals surface area contributed by atoms with Crippen LogP contribution in [0, 0.1) is 0 Å². The van der Waals surface area contributed by atoms with E-state index in [1.807, 2.05) is 12.1 Å². The lowest BCUT2D eigenvalue weighted by Crippen LogP contribution is -2.47. The zero-order valence-corrected chi connectivity index (χ0v) is 12.0. The molecule has 1 aromatic carbocycles. The second kappa shape index (κ2) is 4.47. The minimum atomic E-state index is 0.0644. The lowest BCUT2D eigenvalue weighted by Gasteiger charge is -2.39. The van der Waals surface area contributed by atoms with Crippen LogP contribution in [0.25, 0.3) is 0 Å². The van der Waals surface area contributed by atoms with Gasteiger partial charge in [0.15, 0.2) is 0 Å². The quantitative estimate of drug-likeness (QED) is 0.893. The van der Waals surface area contributed by atoms with Crippen molar-refractivity contribution in [3.63, 3.8) is 0 Å². The highest BCUT2D eigenvalue weighted by Crippen LogP contribution is 2.46. The van der Waals surface area contributed by atoms with Crippen LogP contribution in [-0.2, 0) is 5.41 Å². The van der Waals surface area contributed by atoms with Crippen LogP contribution in [0.1, 0.15) is 32.8 Å². The smallest absolute Gasteiger partial charge is 0.126 e. The van der Waals surface area contributed by atoms with Gasteiger partial charge in [-0.05, 0) is 32.9 Å². The van der Waals surface area contributed by atoms with E-state index >= 15 is 0 Å². The summed E-state index contributed by atoms with van der Waals surface area (Å²) < 4.78 is 10.8. The zero-order chi connectivity index (χ0) is 13.4. The van der Waals surface area contributed by atoms with Gasteiger partial charge in [-0.25, -0.2) is 0 Å². The van der Waals surface area contributed by atoms with E-state index in [1.54, 1.807) is 14.2 Å². The SMILES string of the molecule is COc1ccc(C2(C)CCNC2(C)C)c(OC)c1. The average Bonchev–Trinajstić information content (AvgIpc) is 2.63. The fourth-order valence-corrected chi connectivity index (χ4v) is 2.86. The average molecular weight is 249 g/mol. The summed E-state index contributed by atoms with van der Waals surface area (Å²) in [6.07, 6.45) is 1.11. The summed E-state index contributed by atoms with van der Waals surface area (Å²) in [5, 5.41) is 3.58. The lowest BCUT2D eigenvalue weighted by atomic mass is 9.69. The Kier molecular flexibility index (Phi) is 3.28. The van der Waals surface area contributed by atoms with Gasteiger partial charge < -0.3 is 14.8 Å². The maximum atomic E-state index is 5.55. The summed E-state index contributed by atoms with van der Waals surface area (Å²) in [6, 6.07) is 6.11. The molecule has 1 aromatic rings. The van der Waals surface area contributed by atoms with E-state index in [4.69, 9.17) is 9.47 Å². The van der Waals surface area contributed by atoms with Crippen molar-refractivity contribution < 1.29 is 9.47 Å². The lowest BCUT2D eigenvalue weighted by molar-refractivity contribution is 0.284. The molecule has 1 atom stereocenters. The van der Waals surface area contributed by atoms with Gasteiger partial charge >= 0.3 is 0 Å². The van der Waals surface area contributed by atoms with E-state index in [1.165, 1.54) is 5.56 Å². The Morgan fingerprint density at radius 3 is 2.33 bits per heavy atom. The molecule has 1 fully saturated rings. The van der Waals surface area contributed by atoms with Gasteiger partial charge in [0.05, 0.1) is 14.2 Å². The van der Waals surface area contributed by atoms with E-state index < -0.39 is 0 Å². The highest BCUT2D eigenvalue weighted by Gasteiger charge is 2.47. The van der Waals surface area contributed by atoms with Crippen molar-refractivity contribution >= 4 is 0 Å². The molecule has 0 radical (unpaired) electrons.